The average Bonchev–Trinajstić information content (AvgIpc) is 3.47. The predicted octanol–water partition coefficient (Wildman–Crippen LogP) is 5.19. The summed E-state index contributed by atoms with van der Waals surface area (Å²) < 4.78 is 6.41. The Morgan fingerprint density at radius 2 is 1.38 bits per heavy atom. The summed E-state index contributed by atoms with van der Waals surface area (Å²) in [5.41, 5.74) is 3.35. The molecule has 0 unspecified atom stereocenters. The first kappa shape index (κ1) is 25.5. The van der Waals surface area contributed by atoms with Gasteiger partial charge in [0.2, 0.25) is 0 Å². The molecule has 5 rings (SSSR count). The summed E-state index contributed by atoms with van der Waals surface area (Å²) in [6.07, 6.45) is 4.58. The number of para-hydroxylation sites is 1. The number of nitrogens with one attached hydrogen (secondary N) is 1. The molecule has 5 nitrogen and oxygen atoms in total. The maximum absolute atomic E-state index is 12.9. The zero-order chi connectivity index (χ0) is 25.3. The molecular weight excluding hydrogens is 458 g/mol. The molecule has 194 valence electrons. The molecule has 0 spiro atoms. The Morgan fingerprint density at radius 1 is 0.784 bits per heavy atom. The van der Waals surface area contributed by atoms with Gasteiger partial charge >= 0.3 is 0 Å². The van der Waals surface area contributed by atoms with E-state index in [4.69, 9.17) is 4.74 Å². The van der Waals surface area contributed by atoms with Crippen LogP contribution < -0.4 is 10.1 Å². The van der Waals surface area contributed by atoms with Crippen molar-refractivity contribution in [2.45, 2.75) is 37.7 Å². The fourth-order valence-corrected chi connectivity index (χ4v) is 5.61. The third-order valence-corrected chi connectivity index (χ3v) is 7.72. The van der Waals surface area contributed by atoms with Gasteiger partial charge in [0, 0.05) is 38.6 Å². The van der Waals surface area contributed by atoms with Crippen LogP contribution in [0.3, 0.4) is 0 Å². The van der Waals surface area contributed by atoms with Crippen LogP contribution in [0.15, 0.2) is 84.9 Å². The monoisotopic (exact) mass is 497 g/mol. The van der Waals surface area contributed by atoms with Crippen molar-refractivity contribution in [3.8, 4) is 5.75 Å². The quantitative estimate of drug-likeness (QED) is 0.419. The average molecular weight is 498 g/mol. The largest absolute Gasteiger partial charge is 0.489 e. The molecule has 2 aliphatic heterocycles. The molecule has 2 saturated heterocycles. The molecule has 0 radical (unpaired) electrons. The van der Waals surface area contributed by atoms with Crippen molar-refractivity contribution in [1.29, 1.82) is 0 Å². The van der Waals surface area contributed by atoms with Crippen LogP contribution in [0.4, 0.5) is 0 Å². The number of carbonyl (C=O) groups excluding carboxylic acids is 1. The fraction of sp³-hybridized carbons (Fsp3) is 0.406. The highest BCUT2D eigenvalue weighted by Gasteiger charge is 2.25. The Bertz CT molecular complexity index is 1070. The summed E-state index contributed by atoms with van der Waals surface area (Å²) in [6, 6.07) is 29.3. The summed E-state index contributed by atoms with van der Waals surface area (Å²) >= 11 is 0. The van der Waals surface area contributed by atoms with E-state index in [0.717, 1.165) is 52.1 Å². The van der Waals surface area contributed by atoms with Gasteiger partial charge in [0.05, 0.1) is 5.56 Å². The smallest absolute Gasteiger partial charge is 0.255 e. The van der Waals surface area contributed by atoms with Crippen molar-refractivity contribution >= 4 is 5.91 Å². The van der Waals surface area contributed by atoms with E-state index in [2.05, 4.69) is 75.8 Å². The van der Waals surface area contributed by atoms with Crippen molar-refractivity contribution in [3.05, 3.63) is 102 Å². The number of benzene rings is 3. The molecule has 1 N–H and O–H groups in total. The van der Waals surface area contributed by atoms with Crippen LogP contribution in [0.2, 0.25) is 0 Å². The third kappa shape index (κ3) is 7.00. The molecule has 1 amide bonds. The topological polar surface area (TPSA) is 44.8 Å². The number of hydrogen-bond acceptors (Lipinski definition) is 4. The molecule has 2 aliphatic rings. The molecule has 0 bridgehead atoms. The summed E-state index contributed by atoms with van der Waals surface area (Å²) in [5, 5.41) is 3.09. The Morgan fingerprint density at radius 3 is 2.03 bits per heavy atom. The van der Waals surface area contributed by atoms with E-state index < -0.39 is 0 Å². The van der Waals surface area contributed by atoms with Gasteiger partial charge in [-0.25, -0.2) is 0 Å². The number of ether oxygens (including phenoxy) is 1. The minimum atomic E-state index is -0.0409. The van der Waals surface area contributed by atoms with Gasteiger partial charge in [0.1, 0.15) is 11.9 Å². The van der Waals surface area contributed by atoms with Gasteiger partial charge in [-0.1, -0.05) is 72.8 Å². The van der Waals surface area contributed by atoms with Crippen molar-refractivity contribution in [3.63, 3.8) is 0 Å². The standard InChI is InChI=1S/C32H39N3O2/c36-32(33-19-24-34-20-9-10-21-34)29-15-7-8-16-31(29)37-28-17-22-35(23-18-28)25-30(26-11-3-1-4-12-26)27-13-5-2-6-14-27/h1-8,11-16,28,30H,9-10,17-25H2,(H,33,36). The number of likely N-dealkylation sites (tertiary alicyclic amines) is 2. The Kier molecular flexibility index (Phi) is 8.88. The van der Waals surface area contributed by atoms with Gasteiger partial charge in [-0.2, -0.15) is 0 Å². The minimum Gasteiger partial charge on any atom is -0.489 e. The molecule has 3 aromatic carbocycles. The summed E-state index contributed by atoms with van der Waals surface area (Å²) in [7, 11) is 0. The first-order chi connectivity index (χ1) is 18.3. The van der Waals surface area contributed by atoms with Crippen LogP contribution in [-0.4, -0.2) is 67.6 Å². The zero-order valence-corrected chi connectivity index (χ0v) is 21.7. The lowest BCUT2D eigenvalue weighted by Gasteiger charge is -2.35. The highest BCUT2D eigenvalue weighted by Crippen LogP contribution is 2.28. The molecule has 0 aromatic heterocycles. The Balaban J connectivity index is 1.15. The van der Waals surface area contributed by atoms with E-state index in [1.807, 2.05) is 24.3 Å². The molecule has 3 aromatic rings. The van der Waals surface area contributed by atoms with Gasteiger partial charge in [-0.05, 0) is 62.0 Å². The highest BCUT2D eigenvalue weighted by atomic mass is 16.5. The molecule has 2 heterocycles. The van der Waals surface area contributed by atoms with Crippen LogP contribution in [0, 0.1) is 0 Å². The third-order valence-electron chi connectivity index (χ3n) is 7.72. The van der Waals surface area contributed by atoms with Crippen LogP contribution >= 0.6 is 0 Å². The van der Waals surface area contributed by atoms with Crippen molar-refractivity contribution in [2.24, 2.45) is 0 Å². The molecule has 5 heteroatoms. The van der Waals surface area contributed by atoms with Crippen LogP contribution in [0.1, 0.15) is 53.1 Å². The van der Waals surface area contributed by atoms with Crippen LogP contribution in [-0.2, 0) is 0 Å². The van der Waals surface area contributed by atoms with Gasteiger partial charge < -0.3 is 19.9 Å². The molecule has 0 atom stereocenters. The van der Waals surface area contributed by atoms with E-state index in [9.17, 15) is 4.79 Å². The molecule has 37 heavy (non-hydrogen) atoms. The van der Waals surface area contributed by atoms with Crippen LogP contribution in [0.25, 0.3) is 0 Å². The van der Waals surface area contributed by atoms with Crippen molar-refractivity contribution in [2.75, 3.05) is 45.8 Å². The van der Waals surface area contributed by atoms with E-state index in [1.54, 1.807) is 0 Å². The Hall–Kier alpha value is -3.15. The van der Waals surface area contributed by atoms with E-state index >= 15 is 0 Å². The maximum atomic E-state index is 12.9. The Labute approximate surface area is 221 Å². The van der Waals surface area contributed by atoms with Crippen molar-refractivity contribution in [1.82, 2.24) is 15.1 Å². The fourth-order valence-electron chi connectivity index (χ4n) is 5.61. The lowest BCUT2D eigenvalue weighted by molar-refractivity contribution is 0.0897. The number of carbonyl (C=O) groups is 1. The lowest BCUT2D eigenvalue weighted by atomic mass is 9.90. The predicted molar refractivity (Wildman–Crippen MR) is 149 cm³/mol. The highest BCUT2D eigenvalue weighted by molar-refractivity contribution is 5.96. The van der Waals surface area contributed by atoms with E-state index in [0.29, 0.717) is 23.8 Å². The van der Waals surface area contributed by atoms with Gasteiger partial charge in [0.25, 0.3) is 5.91 Å². The SMILES string of the molecule is O=C(NCCN1CCCC1)c1ccccc1OC1CCN(CC(c2ccccc2)c2ccccc2)CC1. The number of nitrogens with zero attached hydrogens (tertiary/aromatic N) is 2. The van der Waals surface area contributed by atoms with Gasteiger partial charge in [0.15, 0.2) is 0 Å². The van der Waals surface area contributed by atoms with Crippen molar-refractivity contribution < 1.29 is 9.53 Å². The number of piperidine rings is 1. The van der Waals surface area contributed by atoms with Gasteiger partial charge in [-0.15, -0.1) is 0 Å². The number of rotatable bonds is 10. The maximum Gasteiger partial charge on any atom is 0.255 e. The van der Waals surface area contributed by atoms with Gasteiger partial charge in [-0.3, -0.25) is 4.79 Å². The summed E-state index contributed by atoms with van der Waals surface area (Å²) in [5.74, 6) is 1.01. The van der Waals surface area contributed by atoms with Crippen LogP contribution in [0.5, 0.6) is 5.75 Å². The molecule has 0 saturated carbocycles. The summed E-state index contributed by atoms with van der Waals surface area (Å²) in [6.45, 7) is 6.86. The minimum absolute atomic E-state index is 0.0409. The lowest BCUT2D eigenvalue weighted by Crippen LogP contribution is -2.40. The second-order valence-electron chi connectivity index (χ2n) is 10.3. The molecule has 0 aliphatic carbocycles. The second-order valence-corrected chi connectivity index (χ2v) is 10.3. The molecular formula is C32H39N3O2. The van der Waals surface area contributed by atoms with E-state index in [-0.39, 0.29) is 12.0 Å². The number of amides is 1. The normalized spacial score (nSPS) is 17.2. The first-order valence-electron chi connectivity index (χ1n) is 13.8. The second kappa shape index (κ2) is 12.9. The summed E-state index contributed by atoms with van der Waals surface area (Å²) in [4.78, 5) is 17.9. The number of hydrogen-bond donors (Lipinski definition) is 1. The molecule has 2 fully saturated rings. The van der Waals surface area contributed by atoms with E-state index in [1.165, 1.54) is 24.0 Å². The first-order valence-corrected chi connectivity index (χ1v) is 13.8. The zero-order valence-electron chi connectivity index (χ0n) is 21.7.